The molecule has 7 heteroatoms. The molecule has 0 aromatic heterocycles. The van der Waals surface area contributed by atoms with Crippen molar-refractivity contribution in [3.05, 3.63) is 82.4 Å². The number of amides is 1. The summed E-state index contributed by atoms with van der Waals surface area (Å²) < 4.78 is 6.30. The van der Waals surface area contributed by atoms with Crippen LogP contribution in [0.25, 0.3) is 5.76 Å². The van der Waals surface area contributed by atoms with E-state index in [9.17, 15) is 14.7 Å². The lowest BCUT2D eigenvalue weighted by Gasteiger charge is -2.26. The van der Waals surface area contributed by atoms with E-state index < -0.39 is 17.7 Å². The van der Waals surface area contributed by atoms with Gasteiger partial charge >= 0.3 is 0 Å². The number of likely N-dealkylation sites (tertiary alicyclic amines) is 1. The molecule has 0 bridgehead atoms. The van der Waals surface area contributed by atoms with Crippen LogP contribution >= 0.6 is 15.9 Å². The first-order valence-electron chi connectivity index (χ1n) is 9.86. The number of Topliss-reactive ketones (excluding diaryl/α,β-unsaturated/α-hetero) is 1. The van der Waals surface area contributed by atoms with Gasteiger partial charge in [-0.25, -0.2) is 0 Å². The van der Waals surface area contributed by atoms with Gasteiger partial charge in [-0.05, 0) is 56.1 Å². The van der Waals surface area contributed by atoms with Gasteiger partial charge in [-0.3, -0.25) is 9.59 Å². The van der Waals surface area contributed by atoms with Gasteiger partial charge in [0.15, 0.2) is 0 Å². The number of hydrogen-bond acceptors (Lipinski definition) is 5. The van der Waals surface area contributed by atoms with Gasteiger partial charge in [-0.15, -0.1) is 0 Å². The smallest absolute Gasteiger partial charge is 0.295 e. The average molecular weight is 485 g/mol. The molecule has 1 heterocycles. The highest BCUT2D eigenvalue weighted by atomic mass is 79.9. The second kappa shape index (κ2) is 9.94. The van der Waals surface area contributed by atoms with Crippen LogP contribution in [0.1, 0.15) is 17.2 Å². The molecule has 2 aromatic carbocycles. The van der Waals surface area contributed by atoms with Gasteiger partial charge in [0.1, 0.15) is 18.1 Å². The van der Waals surface area contributed by atoms with E-state index in [-0.39, 0.29) is 11.3 Å². The zero-order valence-electron chi connectivity index (χ0n) is 17.5. The van der Waals surface area contributed by atoms with Gasteiger partial charge in [-0.1, -0.05) is 40.7 Å². The number of nitrogens with zero attached hydrogens (tertiary/aromatic N) is 2. The van der Waals surface area contributed by atoms with Crippen LogP contribution in [-0.4, -0.2) is 60.4 Å². The number of hydrogen-bond donors (Lipinski definition) is 1. The Morgan fingerprint density at radius 3 is 2.55 bits per heavy atom. The molecule has 3 rings (SSSR count). The molecule has 0 saturated carbocycles. The molecule has 1 amide bonds. The number of rotatable bonds is 8. The summed E-state index contributed by atoms with van der Waals surface area (Å²) in [6.45, 7) is 4.93. The lowest BCUT2D eigenvalue weighted by Crippen LogP contribution is -2.35. The Balaban J connectivity index is 2.07. The first-order chi connectivity index (χ1) is 14.8. The topological polar surface area (TPSA) is 70.1 Å². The third-order valence-electron chi connectivity index (χ3n) is 4.99. The Bertz CT molecular complexity index is 1010. The quantitative estimate of drug-likeness (QED) is 0.265. The Morgan fingerprint density at radius 1 is 1.23 bits per heavy atom. The fraction of sp³-hybridized carbons (Fsp3) is 0.250. The van der Waals surface area contributed by atoms with Gasteiger partial charge in [0.25, 0.3) is 11.7 Å². The van der Waals surface area contributed by atoms with Crippen LogP contribution in [0, 0.1) is 0 Å². The average Bonchev–Trinajstić information content (AvgIpc) is 3.01. The van der Waals surface area contributed by atoms with Crippen molar-refractivity contribution in [1.82, 2.24) is 9.80 Å². The van der Waals surface area contributed by atoms with Gasteiger partial charge < -0.3 is 19.6 Å². The number of carbonyl (C=O) groups excluding carboxylic acids is 2. The van der Waals surface area contributed by atoms with Crippen molar-refractivity contribution < 1.29 is 19.4 Å². The van der Waals surface area contributed by atoms with Gasteiger partial charge in [0.05, 0.1) is 11.6 Å². The number of ether oxygens (including phenoxy) is 1. The van der Waals surface area contributed by atoms with E-state index >= 15 is 0 Å². The minimum Gasteiger partial charge on any atom is -0.507 e. The largest absolute Gasteiger partial charge is 0.507 e. The molecule has 1 fully saturated rings. The number of aliphatic hydroxyl groups excluding tert-OH is 1. The maximum Gasteiger partial charge on any atom is 0.295 e. The number of likely N-dealkylation sites (N-methyl/N-ethyl adjacent to an activating group) is 1. The van der Waals surface area contributed by atoms with Crippen LogP contribution in [0.3, 0.4) is 0 Å². The van der Waals surface area contributed by atoms with Crippen LogP contribution in [0.4, 0.5) is 0 Å². The Hall–Kier alpha value is -2.90. The standard InChI is InChI=1S/C24H25BrN2O4/c1-4-14-31-19-10-8-16(9-11-19)22(28)20-21(17-6-5-7-18(25)15-17)27(13-12-26(2)3)24(30)23(20)29/h4-11,15,21,28H,1,12-14H2,2-3H3/b22-20+. The van der Waals surface area contributed by atoms with E-state index in [1.807, 2.05) is 43.3 Å². The van der Waals surface area contributed by atoms with E-state index in [1.54, 1.807) is 30.3 Å². The van der Waals surface area contributed by atoms with Crippen LogP contribution in [0.15, 0.2) is 71.2 Å². The van der Waals surface area contributed by atoms with Crippen LogP contribution < -0.4 is 4.74 Å². The first-order valence-corrected chi connectivity index (χ1v) is 10.7. The molecule has 2 aromatic rings. The minimum atomic E-state index is -0.687. The first kappa shape index (κ1) is 22.8. The number of aliphatic hydroxyl groups is 1. The Kier molecular flexibility index (Phi) is 7.30. The Morgan fingerprint density at radius 2 is 1.94 bits per heavy atom. The summed E-state index contributed by atoms with van der Waals surface area (Å²) >= 11 is 3.46. The maximum absolute atomic E-state index is 13.0. The molecule has 1 saturated heterocycles. The van der Waals surface area contributed by atoms with E-state index in [1.165, 1.54) is 4.90 Å². The molecule has 162 valence electrons. The summed E-state index contributed by atoms with van der Waals surface area (Å²) in [4.78, 5) is 29.3. The van der Waals surface area contributed by atoms with Crippen molar-refractivity contribution in [2.45, 2.75) is 6.04 Å². The van der Waals surface area contributed by atoms with Crippen molar-refractivity contribution in [2.75, 3.05) is 33.8 Å². The summed E-state index contributed by atoms with van der Waals surface area (Å²) in [6, 6.07) is 13.5. The molecule has 1 atom stereocenters. The molecule has 1 aliphatic rings. The van der Waals surface area contributed by atoms with Crippen LogP contribution in [0.5, 0.6) is 5.75 Å². The summed E-state index contributed by atoms with van der Waals surface area (Å²) in [5, 5.41) is 11.1. The third kappa shape index (κ3) is 5.06. The molecule has 1 unspecified atom stereocenters. The fourth-order valence-electron chi connectivity index (χ4n) is 3.46. The van der Waals surface area contributed by atoms with Gasteiger partial charge in [0, 0.05) is 23.1 Å². The van der Waals surface area contributed by atoms with E-state index in [4.69, 9.17) is 4.74 Å². The number of halogens is 1. The lowest BCUT2D eigenvalue weighted by molar-refractivity contribution is -0.140. The van der Waals surface area contributed by atoms with E-state index in [0.29, 0.717) is 31.0 Å². The maximum atomic E-state index is 13.0. The monoisotopic (exact) mass is 484 g/mol. The molecule has 0 spiro atoms. The van der Waals surface area contributed by atoms with Gasteiger partial charge in [0.2, 0.25) is 0 Å². The third-order valence-corrected chi connectivity index (χ3v) is 5.48. The molecule has 31 heavy (non-hydrogen) atoms. The number of carbonyl (C=O) groups is 2. The van der Waals surface area contributed by atoms with E-state index in [2.05, 4.69) is 22.5 Å². The van der Waals surface area contributed by atoms with Crippen molar-refractivity contribution in [2.24, 2.45) is 0 Å². The second-order valence-electron chi connectivity index (χ2n) is 7.47. The predicted octanol–water partition coefficient (Wildman–Crippen LogP) is 4.00. The zero-order valence-corrected chi connectivity index (χ0v) is 19.1. The highest BCUT2D eigenvalue weighted by Crippen LogP contribution is 2.40. The zero-order chi connectivity index (χ0) is 22.5. The molecule has 1 N–H and O–H groups in total. The van der Waals surface area contributed by atoms with Gasteiger partial charge in [-0.2, -0.15) is 0 Å². The number of ketones is 1. The SMILES string of the molecule is C=CCOc1ccc(/C(O)=C2\C(=O)C(=O)N(CCN(C)C)C2c2cccc(Br)c2)cc1. The molecular formula is C24H25BrN2O4. The highest BCUT2D eigenvalue weighted by Gasteiger charge is 2.45. The normalized spacial score (nSPS) is 17.9. The van der Waals surface area contributed by atoms with Crippen molar-refractivity contribution in [3.63, 3.8) is 0 Å². The fourth-order valence-corrected chi connectivity index (χ4v) is 3.88. The summed E-state index contributed by atoms with van der Waals surface area (Å²) in [7, 11) is 3.81. The van der Waals surface area contributed by atoms with Crippen LogP contribution in [-0.2, 0) is 9.59 Å². The second-order valence-corrected chi connectivity index (χ2v) is 8.39. The molecule has 0 radical (unpaired) electrons. The highest BCUT2D eigenvalue weighted by molar-refractivity contribution is 9.10. The predicted molar refractivity (Wildman–Crippen MR) is 124 cm³/mol. The molecular weight excluding hydrogens is 460 g/mol. The minimum absolute atomic E-state index is 0.0848. The summed E-state index contributed by atoms with van der Waals surface area (Å²) in [5.74, 6) is -0.884. The molecule has 6 nitrogen and oxygen atoms in total. The molecule has 0 aliphatic carbocycles. The Labute approximate surface area is 190 Å². The van der Waals surface area contributed by atoms with Crippen molar-refractivity contribution in [3.8, 4) is 5.75 Å². The summed E-state index contributed by atoms with van der Waals surface area (Å²) in [6.07, 6.45) is 1.64. The van der Waals surface area contributed by atoms with Crippen molar-refractivity contribution >= 4 is 33.4 Å². The summed E-state index contributed by atoms with van der Waals surface area (Å²) in [5.41, 5.74) is 1.28. The molecule has 1 aliphatic heterocycles. The van der Waals surface area contributed by atoms with Crippen molar-refractivity contribution in [1.29, 1.82) is 0 Å². The van der Waals surface area contributed by atoms with Crippen LogP contribution in [0.2, 0.25) is 0 Å². The number of benzene rings is 2. The van der Waals surface area contributed by atoms with E-state index in [0.717, 1.165) is 10.0 Å². The lowest BCUT2D eigenvalue weighted by atomic mass is 9.95.